The van der Waals surface area contributed by atoms with Crippen LogP contribution in [0, 0.1) is 0 Å². The summed E-state index contributed by atoms with van der Waals surface area (Å²) in [6.45, 7) is 0. The molecule has 3 N–H and O–H groups in total. The van der Waals surface area contributed by atoms with E-state index < -0.39 is 35.1 Å². The second-order valence-electron chi connectivity index (χ2n) is 2.60. The molecule has 0 aliphatic heterocycles. The Kier molecular flexibility index (Phi) is 3.03. The number of aromatic nitrogens is 1. The van der Waals surface area contributed by atoms with Crippen molar-refractivity contribution in [3.8, 4) is 11.5 Å². The molecule has 7 heteroatoms. The van der Waals surface area contributed by atoms with Crippen LogP contribution in [0.3, 0.4) is 0 Å². The summed E-state index contributed by atoms with van der Waals surface area (Å²) in [4.78, 5) is 14.2. The molecule has 0 saturated heterocycles. The van der Waals surface area contributed by atoms with Crippen LogP contribution in [0.4, 0.5) is 8.78 Å². The lowest BCUT2D eigenvalue weighted by Crippen LogP contribution is -2.15. The summed E-state index contributed by atoms with van der Waals surface area (Å²) < 4.78 is 29.6. The highest BCUT2D eigenvalue weighted by molar-refractivity contribution is 5.94. The quantitative estimate of drug-likeness (QED) is 0.786. The summed E-state index contributed by atoms with van der Waals surface area (Å²) in [6.07, 6.45) is -2.26. The number of methoxy groups -OCH3 is 1. The van der Waals surface area contributed by atoms with E-state index in [9.17, 15) is 13.6 Å². The molecule has 0 radical (unpaired) electrons. The third kappa shape index (κ3) is 1.95. The Morgan fingerprint density at radius 1 is 1.67 bits per heavy atom. The number of amides is 1. The zero-order valence-electron chi connectivity index (χ0n) is 7.70. The lowest BCUT2D eigenvalue weighted by atomic mass is 10.2. The van der Waals surface area contributed by atoms with Crippen molar-refractivity contribution in [1.29, 1.82) is 0 Å². The van der Waals surface area contributed by atoms with Gasteiger partial charge < -0.3 is 15.6 Å². The van der Waals surface area contributed by atoms with Gasteiger partial charge in [0.05, 0.1) is 13.3 Å². The minimum absolute atomic E-state index is 0.439. The number of rotatable bonds is 3. The number of hydrogen-bond donors (Lipinski definition) is 2. The number of ether oxygens (including phenoxy) is 1. The number of halogens is 2. The maximum atomic E-state index is 12.5. The molecular weight excluding hydrogens is 210 g/mol. The molecule has 1 heterocycles. The van der Waals surface area contributed by atoms with E-state index >= 15 is 0 Å². The fraction of sp³-hybridized carbons (Fsp3) is 0.250. The molecule has 1 amide bonds. The van der Waals surface area contributed by atoms with Gasteiger partial charge in [-0.25, -0.2) is 13.8 Å². The number of pyridine rings is 1. The SMILES string of the molecule is COc1c(C(N)=O)ncc(O)c1C(F)F. The van der Waals surface area contributed by atoms with Gasteiger partial charge in [0.1, 0.15) is 11.3 Å². The number of aromatic hydroxyl groups is 1. The van der Waals surface area contributed by atoms with Gasteiger partial charge in [-0.3, -0.25) is 4.79 Å². The van der Waals surface area contributed by atoms with Crippen molar-refractivity contribution in [2.75, 3.05) is 7.11 Å². The fourth-order valence-electron chi connectivity index (χ4n) is 1.09. The summed E-state index contributed by atoms with van der Waals surface area (Å²) in [7, 11) is 1.08. The number of primary amides is 1. The average molecular weight is 218 g/mol. The molecule has 0 aliphatic carbocycles. The summed E-state index contributed by atoms with van der Waals surface area (Å²) in [5.74, 6) is -2.25. The molecule has 0 aromatic carbocycles. The zero-order valence-corrected chi connectivity index (χ0v) is 7.70. The Morgan fingerprint density at radius 2 is 2.27 bits per heavy atom. The van der Waals surface area contributed by atoms with Gasteiger partial charge in [0.25, 0.3) is 12.3 Å². The van der Waals surface area contributed by atoms with Crippen molar-refractivity contribution in [3.63, 3.8) is 0 Å². The van der Waals surface area contributed by atoms with Gasteiger partial charge in [-0.05, 0) is 0 Å². The topological polar surface area (TPSA) is 85.4 Å². The highest BCUT2D eigenvalue weighted by Crippen LogP contribution is 2.37. The van der Waals surface area contributed by atoms with Gasteiger partial charge in [-0.15, -0.1) is 0 Å². The second kappa shape index (κ2) is 4.07. The minimum atomic E-state index is -2.99. The molecule has 1 rings (SSSR count). The lowest BCUT2D eigenvalue weighted by molar-refractivity contribution is 0.0990. The first kappa shape index (κ1) is 11.2. The van der Waals surface area contributed by atoms with E-state index in [-0.39, 0.29) is 0 Å². The van der Waals surface area contributed by atoms with Crippen molar-refractivity contribution in [3.05, 3.63) is 17.5 Å². The van der Waals surface area contributed by atoms with Crippen LogP contribution in [0.5, 0.6) is 11.5 Å². The van der Waals surface area contributed by atoms with E-state index in [1.165, 1.54) is 0 Å². The molecule has 1 aromatic heterocycles. The van der Waals surface area contributed by atoms with Crippen molar-refractivity contribution in [2.24, 2.45) is 5.73 Å². The number of nitrogens with zero attached hydrogens (tertiary/aromatic N) is 1. The van der Waals surface area contributed by atoms with Crippen LogP contribution in [-0.4, -0.2) is 23.1 Å². The normalized spacial score (nSPS) is 10.4. The van der Waals surface area contributed by atoms with Gasteiger partial charge >= 0.3 is 0 Å². The Hall–Kier alpha value is -1.92. The monoisotopic (exact) mass is 218 g/mol. The zero-order chi connectivity index (χ0) is 11.6. The number of carbonyl (C=O) groups is 1. The van der Waals surface area contributed by atoms with Crippen molar-refractivity contribution < 1.29 is 23.4 Å². The first-order valence-electron chi connectivity index (χ1n) is 3.82. The van der Waals surface area contributed by atoms with Crippen LogP contribution < -0.4 is 10.5 Å². The van der Waals surface area contributed by atoms with Crippen LogP contribution in [0.1, 0.15) is 22.5 Å². The predicted octanol–water partition coefficient (Wildman–Crippen LogP) is 0.832. The fourth-order valence-corrected chi connectivity index (χ4v) is 1.09. The highest BCUT2D eigenvalue weighted by atomic mass is 19.3. The third-order valence-electron chi connectivity index (χ3n) is 1.71. The molecule has 5 nitrogen and oxygen atoms in total. The first-order valence-corrected chi connectivity index (χ1v) is 3.82. The van der Waals surface area contributed by atoms with E-state index in [1.807, 2.05) is 0 Å². The predicted molar refractivity (Wildman–Crippen MR) is 45.9 cm³/mol. The summed E-state index contributed by atoms with van der Waals surface area (Å²) in [5, 5.41) is 9.12. The van der Waals surface area contributed by atoms with E-state index in [0.29, 0.717) is 0 Å². The molecule has 1 aromatic rings. The molecule has 0 saturated carbocycles. The number of nitrogens with two attached hydrogens (primary N) is 1. The summed E-state index contributed by atoms with van der Waals surface area (Å²) in [5.41, 5.74) is 3.67. The standard InChI is InChI=1S/C8H8F2N2O3/c1-15-6-4(7(9)10)3(13)2-12-5(6)8(11)14/h2,7,13H,1H3,(H2,11,14). The van der Waals surface area contributed by atoms with Crippen LogP contribution in [0.2, 0.25) is 0 Å². The van der Waals surface area contributed by atoms with Gasteiger partial charge in [-0.1, -0.05) is 0 Å². The summed E-state index contributed by atoms with van der Waals surface area (Å²) in [6, 6.07) is 0. The van der Waals surface area contributed by atoms with Gasteiger partial charge in [0.2, 0.25) is 0 Å². The number of carbonyl (C=O) groups excluding carboxylic acids is 1. The van der Waals surface area contributed by atoms with E-state index in [0.717, 1.165) is 13.3 Å². The van der Waals surface area contributed by atoms with Gasteiger partial charge in [-0.2, -0.15) is 0 Å². The van der Waals surface area contributed by atoms with Crippen LogP contribution in [0.25, 0.3) is 0 Å². The van der Waals surface area contributed by atoms with Crippen molar-refractivity contribution in [2.45, 2.75) is 6.43 Å². The molecule has 82 valence electrons. The number of alkyl halides is 2. The van der Waals surface area contributed by atoms with E-state index in [2.05, 4.69) is 9.72 Å². The van der Waals surface area contributed by atoms with Crippen molar-refractivity contribution in [1.82, 2.24) is 4.98 Å². The lowest BCUT2D eigenvalue weighted by Gasteiger charge is -2.11. The van der Waals surface area contributed by atoms with Crippen molar-refractivity contribution >= 4 is 5.91 Å². The Bertz CT molecular complexity index is 396. The Labute approximate surface area is 83.5 Å². The Morgan fingerprint density at radius 3 is 2.67 bits per heavy atom. The first-order chi connectivity index (χ1) is 6.99. The smallest absolute Gasteiger partial charge is 0.271 e. The van der Waals surface area contributed by atoms with E-state index in [4.69, 9.17) is 10.8 Å². The minimum Gasteiger partial charge on any atom is -0.506 e. The number of hydrogen-bond acceptors (Lipinski definition) is 4. The molecule has 15 heavy (non-hydrogen) atoms. The summed E-state index contributed by atoms with van der Waals surface area (Å²) >= 11 is 0. The van der Waals surface area contributed by atoms with Crippen LogP contribution in [0.15, 0.2) is 6.20 Å². The second-order valence-corrected chi connectivity index (χ2v) is 2.60. The van der Waals surface area contributed by atoms with Gasteiger partial charge in [0, 0.05) is 0 Å². The average Bonchev–Trinajstić information content (AvgIpc) is 2.15. The molecule has 0 bridgehead atoms. The van der Waals surface area contributed by atoms with E-state index in [1.54, 1.807) is 0 Å². The molecule has 0 unspecified atom stereocenters. The highest BCUT2D eigenvalue weighted by Gasteiger charge is 2.25. The Balaban J connectivity index is 3.47. The van der Waals surface area contributed by atoms with Gasteiger partial charge in [0.15, 0.2) is 11.4 Å². The van der Waals surface area contributed by atoms with Crippen LogP contribution in [-0.2, 0) is 0 Å². The molecule has 0 spiro atoms. The molecule has 0 atom stereocenters. The van der Waals surface area contributed by atoms with Crippen LogP contribution >= 0.6 is 0 Å². The maximum absolute atomic E-state index is 12.5. The molecule has 0 aliphatic rings. The molecular formula is C8H8F2N2O3. The maximum Gasteiger partial charge on any atom is 0.271 e. The largest absolute Gasteiger partial charge is 0.506 e. The molecule has 0 fully saturated rings. The third-order valence-corrected chi connectivity index (χ3v) is 1.71.